The number of hydrogen-bond donors (Lipinski definition) is 3. The third kappa shape index (κ3) is 5.49. The standard InChI is InChI=1S/C19H16Cl4N4O3/c20-10-2-4-14(13(23)7-10)26-19(30)27-6-5-24-18(29)16(27)9-17(28)25-15-8-11(21)1-3-12(15)22/h1-4,7-8,16H,5-6,9H2,(H,24,29)(H,25,28)(H,26,30)/t16-/m0/s1. The molecule has 1 atom stereocenters. The van der Waals surface area contributed by atoms with E-state index >= 15 is 0 Å². The first kappa shape index (κ1) is 22.5. The molecule has 0 saturated carbocycles. The zero-order chi connectivity index (χ0) is 21.8. The van der Waals surface area contributed by atoms with Crippen LogP contribution in [0.2, 0.25) is 20.1 Å². The molecule has 30 heavy (non-hydrogen) atoms. The van der Waals surface area contributed by atoms with E-state index < -0.39 is 23.9 Å². The van der Waals surface area contributed by atoms with Crippen LogP contribution < -0.4 is 16.0 Å². The number of nitrogens with one attached hydrogen (secondary N) is 3. The second-order valence-corrected chi connectivity index (χ2v) is 8.12. The van der Waals surface area contributed by atoms with Crippen molar-refractivity contribution in [2.75, 3.05) is 23.7 Å². The number of urea groups is 1. The monoisotopic (exact) mass is 488 g/mol. The molecule has 1 heterocycles. The Bertz CT molecular complexity index is 1000. The van der Waals surface area contributed by atoms with Gasteiger partial charge in [-0.3, -0.25) is 9.59 Å². The molecular formula is C19H16Cl4N4O3. The van der Waals surface area contributed by atoms with Gasteiger partial charge in [-0.25, -0.2) is 4.79 Å². The summed E-state index contributed by atoms with van der Waals surface area (Å²) < 4.78 is 0. The molecular weight excluding hydrogens is 474 g/mol. The van der Waals surface area contributed by atoms with Gasteiger partial charge in [0.1, 0.15) is 6.04 Å². The molecule has 1 saturated heterocycles. The maximum absolute atomic E-state index is 12.8. The van der Waals surface area contributed by atoms with Gasteiger partial charge in [-0.05, 0) is 36.4 Å². The van der Waals surface area contributed by atoms with Crippen LogP contribution in [0.25, 0.3) is 0 Å². The van der Waals surface area contributed by atoms with Crippen molar-refractivity contribution < 1.29 is 14.4 Å². The Kier molecular flexibility index (Phi) is 7.31. The lowest BCUT2D eigenvalue weighted by molar-refractivity contribution is -0.130. The summed E-state index contributed by atoms with van der Waals surface area (Å²) in [5.74, 6) is -0.936. The van der Waals surface area contributed by atoms with E-state index in [1.54, 1.807) is 24.3 Å². The van der Waals surface area contributed by atoms with E-state index in [0.29, 0.717) is 26.4 Å². The van der Waals surface area contributed by atoms with Gasteiger partial charge in [0.25, 0.3) is 0 Å². The Labute approximate surface area is 192 Å². The van der Waals surface area contributed by atoms with Crippen molar-refractivity contribution in [2.45, 2.75) is 12.5 Å². The molecule has 1 fully saturated rings. The van der Waals surface area contributed by atoms with Gasteiger partial charge in [0.2, 0.25) is 11.8 Å². The fourth-order valence-electron chi connectivity index (χ4n) is 2.91. The van der Waals surface area contributed by atoms with Crippen LogP contribution in [0.3, 0.4) is 0 Å². The van der Waals surface area contributed by atoms with Crippen molar-refractivity contribution in [1.29, 1.82) is 0 Å². The number of benzene rings is 2. The van der Waals surface area contributed by atoms with Gasteiger partial charge in [-0.1, -0.05) is 46.4 Å². The lowest BCUT2D eigenvalue weighted by atomic mass is 10.1. The summed E-state index contributed by atoms with van der Waals surface area (Å²) in [5.41, 5.74) is 0.653. The van der Waals surface area contributed by atoms with E-state index in [1.807, 2.05) is 0 Å². The van der Waals surface area contributed by atoms with E-state index in [2.05, 4.69) is 16.0 Å². The van der Waals surface area contributed by atoms with Crippen molar-refractivity contribution in [3.8, 4) is 0 Å². The first-order chi connectivity index (χ1) is 14.2. The molecule has 3 rings (SSSR count). The minimum absolute atomic E-state index is 0.221. The topological polar surface area (TPSA) is 90.5 Å². The fraction of sp³-hybridized carbons (Fsp3) is 0.211. The number of nitrogens with zero attached hydrogens (tertiary/aromatic N) is 1. The summed E-state index contributed by atoms with van der Waals surface area (Å²) in [6.07, 6.45) is -0.267. The molecule has 2 aromatic carbocycles. The Morgan fingerprint density at radius 3 is 2.40 bits per heavy atom. The van der Waals surface area contributed by atoms with Crippen LogP contribution in [0.5, 0.6) is 0 Å². The molecule has 1 aliphatic rings. The fourth-order valence-corrected chi connectivity index (χ4v) is 3.70. The summed E-state index contributed by atoms with van der Waals surface area (Å²) in [4.78, 5) is 39.0. The van der Waals surface area contributed by atoms with E-state index in [0.717, 1.165) is 0 Å². The zero-order valence-corrected chi connectivity index (χ0v) is 18.4. The average Bonchev–Trinajstić information content (AvgIpc) is 2.68. The van der Waals surface area contributed by atoms with E-state index in [1.165, 1.54) is 17.0 Å². The zero-order valence-electron chi connectivity index (χ0n) is 15.3. The molecule has 0 aliphatic carbocycles. The van der Waals surface area contributed by atoms with Gasteiger partial charge in [-0.2, -0.15) is 0 Å². The number of carbonyl (C=O) groups excluding carboxylic acids is 3. The lowest BCUT2D eigenvalue weighted by Crippen LogP contribution is -2.59. The second-order valence-electron chi connectivity index (χ2n) is 6.43. The molecule has 4 amide bonds. The number of piperazine rings is 1. The molecule has 2 aromatic rings. The Balaban J connectivity index is 1.72. The Hall–Kier alpha value is -2.19. The van der Waals surface area contributed by atoms with Gasteiger partial charge in [-0.15, -0.1) is 0 Å². The molecule has 7 nitrogen and oxygen atoms in total. The van der Waals surface area contributed by atoms with Gasteiger partial charge in [0, 0.05) is 23.1 Å². The maximum Gasteiger partial charge on any atom is 0.322 e. The van der Waals surface area contributed by atoms with Crippen LogP contribution in [-0.4, -0.2) is 41.9 Å². The highest BCUT2D eigenvalue weighted by atomic mass is 35.5. The predicted molar refractivity (Wildman–Crippen MR) is 119 cm³/mol. The number of anilines is 2. The smallest absolute Gasteiger partial charge is 0.322 e. The summed E-state index contributed by atoms with van der Waals surface area (Å²) in [6, 6.07) is 7.67. The third-order valence-electron chi connectivity index (χ3n) is 4.35. The molecule has 0 aromatic heterocycles. The molecule has 3 N–H and O–H groups in total. The summed E-state index contributed by atoms with van der Waals surface area (Å²) in [6.45, 7) is 0.484. The number of amides is 4. The first-order valence-corrected chi connectivity index (χ1v) is 10.3. The van der Waals surface area contributed by atoms with E-state index in [-0.39, 0.29) is 24.5 Å². The predicted octanol–water partition coefficient (Wildman–Crippen LogP) is 4.66. The molecule has 0 unspecified atom stereocenters. The number of rotatable bonds is 4. The Morgan fingerprint density at radius 2 is 1.67 bits per heavy atom. The normalized spacial score (nSPS) is 16.1. The van der Waals surface area contributed by atoms with E-state index in [4.69, 9.17) is 46.4 Å². The first-order valence-electron chi connectivity index (χ1n) is 8.80. The average molecular weight is 490 g/mol. The van der Waals surface area contributed by atoms with Crippen LogP contribution in [0.15, 0.2) is 36.4 Å². The van der Waals surface area contributed by atoms with Gasteiger partial charge in [0.15, 0.2) is 0 Å². The largest absolute Gasteiger partial charge is 0.353 e. The molecule has 11 heteroatoms. The molecule has 158 valence electrons. The Morgan fingerprint density at radius 1 is 0.967 bits per heavy atom. The van der Waals surface area contributed by atoms with Crippen LogP contribution in [0, 0.1) is 0 Å². The second kappa shape index (κ2) is 9.75. The highest BCUT2D eigenvalue weighted by Gasteiger charge is 2.35. The maximum atomic E-state index is 12.8. The highest BCUT2D eigenvalue weighted by Crippen LogP contribution is 2.27. The van der Waals surface area contributed by atoms with Crippen molar-refractivity contribution in [3.63, 3.8) is 0 Å². The van der Waals surface area contributed by atoms with Crippen LogP contribution in [-0.2, 0) is 9.59 Å². The minimum Gasteiger partial charge on any atom is -0.353 e. The van der Waals surface area contributed by atoms with Gasteiger partial charge in [0.05, 0.1) is 27.8 Å². The van der Waals surface area contributed by atoms with Crippen molar-refractivity contribution >= 4 is 75.6 Å². The third-order valence-corrected chi connectivity index (χ3v) is 5.46. The molecule has 0 bridgehead atoms. The SMILES string of the molecule is O=C(C[C@H]1C(=O)NCCN1C(=O)Nc1ccc(Cl)cc1Cl)Nc1cc(Cl)ccc1Cl. The molecule has 0 spiro atoms. The van der Waals surface area contributed by atoms with E-state index in [9.17, 15) is 14.4 Å². The van der Waals surface area contributed by atoms with Gasteiger partial charge < -0.3 is 20.9 Å². The number of hydrogen-bond acceptors (Lipinski definition) is 3. The quantitative estimate of drug-likeness (QED) is 0.583. The summed E-state index contributed by atoms with van der Waals surface area (Å²) >= 11 is 23.9. The minimum atomic E-state index is -1.01. The number of halogens is 4. The van der Waals surface area contributed by atoms with Crippen molar-refractivity contribution in [2.24, 2.45) is 0 Å². The molecule has 1 aliphatic heterocycles. The highest BCUT2D eigenvalue weighted by molar-refractivity contribution is 6.37. The lowest BCUT2D eigenvalue weighted by Gasteiger charge is -2.34. The summed E-state index contributed by atoms with van der Waals surface area (Å²) in [5, 5.41) is 9.28. The van der Waals surface area contributed by atoms with Gasteiger partial charge >= 0.3 is 6.03 Å². The van der Waals surface area contributed by atoms with Crippen molar-refractivity contribution in [1.82, 2.24) is 10.2 Å². The number of carbonyl (C=O) groups is 3. The summed E-state index contributed by atoms with van der Waals surface area (Å²) in [7, 11) is 0. The van der Waals surface area contributed by atoms with Crippen LogP contribution in [0.1, 0.15) is 6.42 Å². The van der Waals surface area contributed by atoms with Crippen molar-refractivity contribution in [3.05, 3.63) is 56.5 Å². The molecule has 0 radical (unpaired) electrons. The van der Waals surface area contributed by atoms with Crippen LogP contribution >= 0.6 is 46.4 Å². The van der Waals surface area contributed by atoms with Crippen LogP contribution in [0.4, 0.5) is 16.2 Å².